The van der Waals surface area contributed by atoms with Crippen molar-refractivity contribution < 1.29 is 4.39 Å². The first-order valence-corrected chi connectivity index (χ1v) is 5.12. The molecule has 0 amide bonds. The Morgan fingerprint density at radius 3 is 2.47 bits per heavy atom. The maximum atomic E-state index is 13.4. The molecule has 0 saturated carbocycles. The van der Waals surface area contributed by atoms with Crippen molar-refractivity contribution in [3.8, 4) is 0 Å². The van der Waals surface area contributed by atoms with E-state index >= 15 is 0 Å². The smallest absolute Gasteiger partial charge is 0.146 e. The first-order chi connectivity index (χ1) is 6.96. The summed E-state index contributed by atoms with van der Waals surface area (Å²) in [7, 11) is 1.88. The monoisotopic (exact) mass is 210 g/mol. The summed E-state index contributed by atoms with van der Waals surface area (Å²) in [5.74, 6) is -0.187. The van der Waals surface area contributed by atoms with Crippen LogP contribution in [0.25, 0.3) is 0 Å². The highest BCUT2D eigenvalue weighted by Gasteiger charge is 2.19. The van der Waals surface area contributed by atoms with Crippen LogP contribution in [-0.2, 0) is 0 Å². The zero-order valence-electron chi connectivity index (χ0n) is 9.63. The van der Waals surface area contributed by atoms with Crippen molar-refractivity contribution in [2.75, 3.05) is 25.0 Å². The summed E-state index contributed by atoms with van der Waals surface area (Å²) >= 11 is 0. The van der Waals surface area contributed by atoms with Crippen molar-refractivity contribution in [1.82, 2.24) is 0 Å². The lowest BCUT2D eigenvalue weighted by atomic mass is 9.93. The number of para-hydroxylation sites is 1. The first-order valence-electron chi connectivity index (χ1n) is 5.12. The van der Waals surface area contributed by atoms with Crippen LogP contribution in [0.5, 0.6) is 0 Å². The Kier molecular flexibility index (Phi) is 3.69. The summed E-state index contributed by atoms with van der Waals surface area (Å²) in [6.07, 6.45) is 0. The van der Waals surface area contributed by atoms with E-state index in [1.165, 1.54) is 6.07 Å². The van der Waals surface area contributed by atoms with Gasteiger partial charge < -0.3 is 10.6 Å². The highest BCUT2D eigenvalue weighted by Crippen LogP contribution is 2.22. The average Bonchev–Trinajstić information content (AvgIpc) is 2.17. The quantitative estimate of drug-likeness (QED) is 0.826. The largest absolute Gasteiger partial charge is 0.372 e. The molecular formula is C12H19FN2. The summed E-state index contributed by atoms with van der Waals surface area (Å²) in [6, 6.07) is 6.79. The molecule has 0 spiro atoms. The minimum atomic E-state index is -0.187. The number of hydrogen-bond donors (Lipinski definition) is 1. The fourth-order valence-corrected chi connectivity index (χ4v) is 1.55. The molecule has 0 heterocycles. The Bertz CT molecular complexity index is 323. The molecule has 0 fully saturated rings. The summed E-state index contributed by atoms with van der Waals surface area (Å²) in [5.41, 5.74) is 6.27. The van der Waals surface area contributed by atoms with E-state index in [-0.39, 0.29) is 11.2 Å². The lowest BCUT2D eigenvalue weighted by molar-refractivity contribution is 0.383. The van der Waals surface area contributed by atoms with Crippen molar-refractivity contribution >= 4 is 5.69 Å². The minimum absolute atomic E-state index is 0.00295. The third kappa shape index (κ3) is 3.20. The summed E-state index contributed by atoms with van der Waals surface area (Å²) in [5, 5.41) is 0. The first kappa shape index (κ1) is 12.0. The van der Waals surface area contributed by atoms with Crippen LogP contribution in [0.1, 0.15) is 13.8 Å². The molecule has 0 radical (unpaired) electrons. The van der Waals surface area contributed by atoms with Gasteiger partial charge in [-0.15, -0.1) is 0 Å². The molecule has 1 aromatic rings. The number of hydrogen-bond acceptors (Lipinski definition) is 2. The van der Waals surface area contributed by atoms with E-state index in [1.54, 1.807) is 12.1 Å². The van der Waals surface area contributed by atoms with E-state index in [0.29, 0.717) is 12.2 Å². The van der Waals surface area contributed by atoms with Gasteiger partial charge in [-0.1, -0.05) is 26.0 Å². The number of nitrogens with two attached hydrogens (primary N) is 1. The zero-order chi connectivity index (χ0) is 11.5. The van der Waals surface area contributed by atoms with Gasteiger partial charge >= 0.3 is 0 Å². The number of halogens is 1. The SMILES string of the molecule is CN(CC(C)(C)CN)c1ccccc1F. The van der Waals surface area contributed by atoms with Crippen LogP contribution in [-0.4, -0.2) is 20.1 Å². The van der Waals surface area contributed by atoms with Crippen LogP contribution in [0, 0.1) is 11.2 Å². The highest BCUT2D eigenvalue weighted by atomic mass is 19.1. The van der Waals surface area contributed by atoms with Crippen molar-refractivity contribution in [3.05, 3.63) is 30.1 Å². The normalized spacial score (nSPS) is 11.5. The standard InChI is InChI=1S/C12H19FN2/c1-12(2,8-14)9-15(3)11-7-5-4-6-10(11)13/h4-7H,8-9,14H2,1-3H3. The van der Waals surface area contributed by atoms with E-state index in [9.17, 15) is 4.39 Å². The Hall–Kier alpha value is -1.09. The van der Waals surface area contributed by atoms with Gasteiger partial charge in [-0.2, -0.15) is 0 Å². The van der Waals surface area contributed by atoms with Crippen LogP contribution in [0.4, 0.5) is 10.1 Å². The van der Waals surface area contributed by atoms with Gasteiger partial charge in [0.1, 0.15) is 5.82 Å². The number of anilines is 1. The molecule has 1 aromatic carbocycles. The molecule has 0 atom stereocenters. The molecule has 0 aliphatic rings. The molecule has 15 heavy (non-hydrogen) atoms. The molecule has 1 rings (SSSR count). The van der Waals surface area contributed by atoms with E-state index < -0.39 is 0 Å². The molecule has 84 valence electrons. The second-order valence-corrected chi connectivity index (χ2v) is 4.68. The van der Waals surface area contributed by atoms with Gasteiger partial charge in [0, 0.05) is 13.6 Å². The van der Waals surface area contributed by atoms with Crippen LogP contribution in [0.15, 0.2) is 24.3 Å². The molecule has 2 nitrogen and oxygen atoms in total. The average molecular weight is 210 g/mol. The highest BCUT2D eigenvalue weighted by molar-refractivity contribution is 5.46. The molecular weight excluding hydrogens is 191 g/mol. The summed E-state index contributed by atoms with van der Waals surface area (Å²) < 4.78 is 13.4. The van der Waals surface area contributed by atoms with Gasteiger partial charge in [0.05, 0.1) is 5.69 Å². The minimum Gasteiger partial charge on any atom is -0.372 e. The number of nitrogens with zero attached hydrogens (tertiary/aromatic N) is 1. The van der Waals surface area contributed by atoms with Gasteiger partial charge in [-0.3, -0.25) is 0 Å². The molecule has 2 N–H and O–H groups in total. The van der Waals surface area contributed by atoms with E-state index in [2.05, 4.69) is 13.8 Å². The van der Waals surface area contributed by atoms with Crippen molar-refractivity contribution in [2.45, 2.75) is 13.8 Å². The molecule has 0 unspecified atom stereocenters. The summed E-state index contributed by atoms with van der Waals surface area (Å²) in [4.78, 5) is 1.90. The third-order valence-electron chi connectivity index (χ3n) is 2.48. The molecule has 0 aliphatic heterocycles. The summed E-state index contributed by atoms with van der Waals surface area (Å²) in [6.45, 7) is 5.48. The lowest BCUT2D eigenvalue weighted by Crippen LogP contribution is -2.37. The van der Waals surface area contributed by atoms with E-state index in [0.717, 1.165) is 6.54 Å². The molecule has 0 bridgehead atoms. The molecule has 0 aliphatic carbocycles. The third-order valence-corrected chi connectivity index (χ3v) is 2.48. The Morgan fingerprint density at radius 2 is 1.93 bits per heavy atom. The Labute approximate surface area is 90.9 Å². The Balaban J connectivity index is 2.78. The van der Waals surface area contributed by atoms with Crippen LogP contribution >= 0.6 is 0 Å². The van der Waals surface area contributed by atoms with Crippen molar-refractivity contribution in [3.63, 3.8) is 0 Å². The topological polar surface area (TPSA) is 29.3 Å². The van der Waals surface area contributed by atoms with Gasteiger partial charge in [-0.25, -0.2) is 4.39 Å². The molecule has 0 saturated heterocycles. The molecule has 0 aromatic heterocycles. The van der Waals surface area contributed by atoms with Crippen molar-refractivity contribution in [1.29, 1.82) is 0 Å². The lowest BCUT2D eigenvalue weighted by Gasteiger charge is -2.30. The van der Waals surface area contributed by atoms with E-state index in [1.807, 2.05) is 18.0 Å². The van der Waals surface area contributed by atoms with Crippen LogP contribution in [0.3, 0.4) is 0 Å². The fraction of sp³-hybridized carbons (Fsp3) is 0.500. The Morgan fingerprint density at radius 1 is 1.33 bits per heavy atom. The van der Waals surface area contributed by atoms with Gasteiger partial charge in [-0.05, 0) is 24.1 Å². The number of benzene rings is 1. The van der Waals surface area contributed by atoms with Crippen molar-refractivity contribution in [2.24, 2.45) is 11.1 Å². The van der Waals surface area contributed by atoms with Crippen LogP contribution in [0.2, 0.25) is 0 Å². The number of rotatable bonds is 4. The van der Waals surface area contributed by atoms with E-state index in [4.69, 9.17) is 5.73 Å². The second-order valence-electron chi connectivity index (χ2n) is 4.68. The van der Waals surface area contributed by atoms with Gasteiger partial charge in [0.25, 0.3) is 0 Å². The van der Waals surface area contributed by atoms with Gasteiger partial charge in [0.2, 0.25) is 0 Å². The molecule has 3 heteroatoms. The van der Waals surface area contributed by atoms with Crippen LogP contribution < -0.4 is 10.6 Å². The predicted octanol–water partition coefficient (Wildman–Crippen LogP) is 2.25. The van der Waals surface area contributed by atoms with Gasteiger partial charge in [0.15, 0.2) is 0 Å². The zero-order valence-corrected chi connectivity index (χ0v) is 9.63. The predicted molar refractivity (Wildman–Crippen MR) is 62.5 cm³/mol. The maximum Gasteiger partial charge on any atom is 0.146 e. The second kappa shape index (κ2) is 4.62. The maximum absolute atomic E-state index is 13.4. The fourth-order valence-electron chi connectivity index (χ4n) is 1.55.